The van der Waals surface area contributed by atoms with Gasteiger partial charge in [-0.3, -0.25) is 9.59 Å². The highest BCUT2D eigenvalue weighted by molar-refractivity contribution is 5.91. The first-order valence-electron chi connectivity index (χ1n) is 6.03. The van der Waals surface area contributed by atoms with Crippen LogP contribution < -0.4 is 10.6 Å². The minimum atomic E-state index is -0.231. The van der Waals surface area contributed by atoms with Crippen LogP contribution in [0.25, 0.3) is 6.08 Å². The van der Waals surface area contributed by atoms with Crippen molar-refractivity contribution in [2.75, 3.05) is 6.54 Å². The summed E-state index contributed by atoms with van der Waals surface area (Å²) in [6, 6.07) is 3.87. The topological polar surface area (TPSA) is 71.3 Å². The van der Waals surface area contributed by atoms with Crippen LogP contribution in [-0.4, -0.2) is 24.4 Å². The van der Waals surface area contributed by atoms with Crippen LogP contribution in [0.1, 0.15) is 25.0 Å². The summed E-state index contributed by atoms with van der Waals surface area (Å²) in [7, 11) is 0. The first-order valence-corrected chi connectivity index (χ1v) is 6.03. The quantitative estimate of drug-likeness (QED) is 0.740. The average Bonchev–Trinajstić information content (AvgIpc) is 2.99. The van der Waals surface area contributed by atoms with Gasteiger partial charge in [-0.05, 0) is 31.1 Å². The van der Waals surface area contributed by atoms with E-state index in [0.29, 0.717) is 24.8 Å². The fourth-order valence-electron chi connectivity index (χ4n) is 1.43. The summed E-state index contributed by atoms with van der Waals surface area (Å²) < 4.78 is 5.05. The second-order valence-electron chi connectivity index (χ2n) is 4.23. The zero-order chi connectivity index (χ0) is 12.8. The highest BCUT2D eigenvalue weighted by Crippen LogP contribution is 2.18. The second kappa shape index (κ2) is 6.05. The lowest BCUT2D eigenvalue weighted by Crippen LogP contribution is -2.30. The standard InChI is InChI=1S/C13H16N2O3/c16-12(6-5-11-2-1-9-18-11)14-8-7-13(17)15-10-3-4-10/h1-2,5-6,9-10H,3-4,7-8H2,(H,14,16)(H,15,17)/b6-5+. The summed E-state index contributed by atoms with van der Waals surface area (Å²) in [6.45, 7) is 0.347. The Kier molecular flexibility index (Phi) is 4.17. The van der Waals surface area contributed by atoms with Crippen LogP contribution in [0, 0.1) is 0 Å². The van der Waals surface area contributed by atoms with Gasteiger partial charge in [-0.1, -0.05) is 0 Å². The molecule has 1 heterocycles. The van der Waals surface area contributed by atoms with Crippen molar-refractivity contribution >= 4 is 17.9 Å². The van der Waals surface area contributed by atoms with Crippen molar-refractivity contribution in [1.29, 1.82) is 0 Å². The molecule has 0 saturated heterocycles. The lowest BCUT2D eigenvalue weighted by molar-refractivity contribution is -0.121. The highest BCUT2D eigenvalue weighted by atomic mass is 16.3. The van der Waals surface area contributed by atoms with Crippen LogP contribution >= 0.6 is 0 Å². The third-order valence-electron chi connectivity index (χ3n) is 2.54. The van der Waals surface area contributed by atoms with E-state index >= 15 is 0 Å². The minimum Gasteiger partial charge on any atom is -0.465 e. The smallest absolute Gasteiger partial charge is 0.244 e. The fourth-order valence-corrected chi connectivity index (χ4v) is 1.43. The first kappa shape index (κ1) is 12.4. The molecule has 1 aliphatic carbocycles. The van der Waals surface area contributed by atoms with Crippen molar-refractivity contribution in [3.63, 3.8) is 0 Å². The third kappa shape index (κ3) is 4.45. The monoisotopic (exact) mass is 248 g/mol. The maximum Gasteiger partial charge on any atom is 0.244 e. The Morgan fingerprint density at radius 3 is 2.94 bits per heavy atom. The lowest BCUT2D eigenvalue weighted by Gasteiger charge is -2.03. The van der Waals surface area contributed by atoms with E-state index in [9.17, 15) is 9.59 Å². The van der Waals surface area contributed by atoms with Crippen molar-refractivity contribution in [3.8, 4) is 0 Å². The van der Waals surface area contributed by atoms with Crippen molar-refractivity contribution in [2.45, 2.75) is 25.3 Å². The highest BCUT2D eigenvalue weighted by Gasteiger charge is 2.22. The van der Waals surface area contributed by atoms with Crippen LogP contribution in [0.3, 0.4) is 0 Å². The SMILES string of the molecule is O=C(/C=C/c1ccco1)NCCC(=O)NC1CC1. The van der Waals surface area contributed by atoms with Crippen LogP contribution in [0.5, 0.6) is 0 Å². The fraction of sp³-hybridized carbons (Fsp3) is 0.385. The number of carbonyl (C=O) groups is 2. The number of hydrogen-bond acceptors (Lipinski definition) is 3. The van der Waals surface area contributed by atoms with E-state index in [-0.39, 0.29) is 11.8 Å². The molecule has 5 nitrogen and oxygen atoms in total. The second-order valence-corrected chi connectivity index (χ2v) is 4.23. The zero-order valence-electron chi connectivity index (χ0n) is 10.0. The van der Waals surface area contributed by atoms with Crippen LogP contribution in [0.2, 0.25) is 0 Å². The van der Waals surface area contributed by atoms with Gasteiger partial charge >= 0.3 is 0 Å². The normalized spacial score (nSPS) is 14.7. The van der Waals surface area contributed by atoms with E-state index in [0.717, 1.165) is 12.8 Å². The third-order valence-corrected chi connectivity index (χ3v) is 2.54. The predicted octanol–water partition coefficient (Wildman–Crippen LogP) is 1.08. The zero-order valence-corrected chi connectivity index (χ0v) is 10.0. The molecule has 96 valence electrons. The van der Waals surface area contributed by atoms with Crippen LogP contribution in [0.15, 0.2) is 28.9 Å². The number of rotatable bonds is 6. The molecule has 2 rings (SSSR count). The molecular formula is C13H16N2O3. The summed E-state index contributed by atoms with van der Waals surface area (Å²) in [5.41, 5.74) is 0. The maximum absolute atomic E-state index is 11.4. The van der Waals surface area contributed by atoms with Gasteiger partial charge in [0.2, 0.25) is 11.8 Å². The molecule has 0 atom stereocenters. The Morgan fingerprint density at radius 1 is 1.44 bits per heavy atom. The predicted molar refractivity (Wildman–Crippen MR) is 66.5 cm³/mol. The summed E-state index contributed by atoms with van der Waals surface area (Å²) in [6.07, 6.45) is 6.97. The van der Waals surface area contributed by atoms with Gasteiger partial charge in [0.25, 0.3) is 0 Å². The van der Waals surface area contributed by atoms with Gasteiger partial charge in [-0.25, -0.2) is 0 Å². The van der Waals surface area contributed by atoms with Crippen molar-refractivity contribution in [3.05, 3.63) is 30.2 Å². The molecule has 1 aromatic heterocycles. The molecular weight excluding hydrogens is 232 g/mol. The molecule has 1 aliphatic rings. The molecule has 2 amide bonds. The molecule has 0 bridgehead atoms. The van der Waals surface area contributed by atoms with Gasteiger partial charge in [0, 0.05) is 25.1 Å². The van der Waals surface area contributed by atoms with E-state index in [1.54, 1.807) is 24.5 Å². The van der Waals surface area contributed by atoms with Crippen LogP contribution in [0.4, 0.5) is 0 Å². The molecule has 0 unspecified atom stereocenters. The number of nitrogens with one attached hydrogen (secondary N) is 2. The summed E-state index contributed by atoms with van der Waals surface area (Å²) in [5, 5.41) is 5.50. The van der Waals surface area contributed by atoms with E-state index in [1.165, 1.54) is 6.08 Å². The summed E-state index contributed by atoms with van der Waals surface area (Å²) in [5.74, 6) is 0.384. The number of amides is 2. The first-order chi connectivity index (χ1) is 8.74. The molecule has 0 aliphatic heterocycles. The van der Waals surface area contributed by atoms with Gasteiger partial charge in [-0.2, -0.15) is 0 Å². The Morgan fingerprint density at radius 2 is 2.28 bits per heavy atom. The van der Waals surface area contributed by atoms with Gasteiger partial charge in [0.15, 0.2) is 0 Å². The number of hydrogen-bond donors (Lipinski definition) is 2. The van der Waals surface area contributed by atoms with Crippen molar-refractivity contribution in [1.82, 2.24) is 10.6 Å². The van der Waals surface area contributed by atoms with Crippen molar-refractivity contribution in [2.24, 2.45) is 0 Å². The van der Waals surface area contributed by atoms with E-state index in [1.807, 2.05) is 0 Å². The molecule has 1 aromatic rings. The van der Waals surface area contributed by atoms with Gasteiger partial charge in [-0.15, -0.1) is 0 Å². The maximum atomic E-state index is 11.4. The van der Waals surface area contributed by atoms with Gasteiger partial charge in [0.1, 0.15) is 5.76 Å². The Hall–Kier alpha value is -2.04. The average molecular weight is 248 g/mol. The van der Waals surface area contributed by atoms with E-state index in [2.05, 4.69) is 10.6 Å². The van der Waals surface area contributed by atoms with E-state index < -0.39 is 0 Å². The van der Waals surface area contributed by atoms with Gasteiger partial charge < -0.3 is 15.1 Å². The van der Waals surface area contributed by atoms with Crippen molar-refractivity contribution < 1.29 is 14.0 Å². The molecule has 1 fully saturated rings. The number of carbonyl (C=O) groups excluding carboxylic acids is 2. The molecule has 18 heavy (non-hydrogen) atoms. The Bertz CT molecular complexity index is 433. The largest absolute Gasteiger partial charge is 0.465 e. The number of furan rings is 1. The Balaban J connectivity index is 1.60. The Labute approximate surface area is 105 Å². The van der Waals surface area contributed by atoms with Gasteiger partial charge in [0.05, 0.1) is 6.26 Å². The summed E-state index contributed by atoms with van der Waals surface area (Å²) >= 11 is 0. The lowest BCUT2D eigenvalue weighted by atomic mass is 10.3. The minimum absolute atomic E-state index is 0.00665. The molecule has 1 saturated carbocycles. The molecule has 0 spiro atoms. The van der Waals surface area contributed by atoms with E-state index in [4.69, 9.17) is 4.42 Å². The summed E-state index contributed by atoms with van der Waals surface area (Å²) in [4.78, 5) is 22.7. The molecule has 5 heteroatoms. The molecule has 0 aromatic carbocycles. The molecule has 0 radical (unpaired) electrons. The van der Waals surface area contributed by atoms with Crippen LogP contribution in [-0.2, 0) is 9.59 Å². The molecule has 2 N–H and O–H groups in total.